The van der Waals surface area contributed by atoms with Crippen molar-refractivity contribution < 1.29 is 82.4 Å². The molecule has 0 aromatic heterocycles. The Labute approximate surface area is 625 Å². The van der Waals surface area contributed by atoms with E-state index in [2.05, 4.69) is 63.8 Å². The summed E-state index contributed by atoms with van der Waals surface area (Å²) in [5.41, 5.74) is 6.24. The predicted octanol–water partition coefficient (Wildman–Crippen LogP) is 1.36. The topological polar surface area (TPSA) is 473 Å². The Hall–Kier alpha value is -8.58. The number of nitrogens with two attached hydrogens (primary N) is 1. The summed E-state index contributed by atoms with van der Waals surface area (Å²) in [7, 11) is 0. The van der Waals surface area contributed by atoms with Gasteiger partial charge in [-0.15, -0.1) is 0 Å². The molecule has 0 unspecified atom stereocenters. The van der Waals surface area contributed by atoms with Crippen molar-refractivity contribution >= 4 is 82.8 Å². The number of rotatable bonds is 45. The number of aliphatic hydroxyl groups is 2. The summed E-state index contributed by atoms with van der Waals surface area (Å²) >= 11 is 0. The third-order valence-corrected chi connectivity index (χ3v) is 19.0. The second-order valence-electron chi connectivity index (χ2n) is 30.1. The van der Waals surface area contributed by atoms with Crippen molar-refractivity contribution in [2.75, 3.05) is 13.1 Å². The Kier molecular flexibility index (Phi) is 40.4. The van der Waals surface area contributed by atoms with Crippen LogP contribution in [-0.4, -0.2) is 201 Å². The maximum absolute atomic E-state index is 14.7. The average Bonchev–Trinajstić information content (AvgIpc) is 1.54. The fourth-order valence-electron chi connectivity index (χ4n) is 11.8. The number of aliphatic hydroxyl groups excluding tert-OH is 2. The molecule has 1 aromatic carbocycles. The van der Waals surface area contributed by atoms with Gasteiger partial charge in [0, 0.05) is 19.4 Å². The number of nitrogens with one attached hydrogen (secondary N) is 12. The molecule has 31 heteroatoms. The Morgan fingerprint density at radius 3 is 1.32 bits per heavy atom. The quantitative estimate of drug-likeness (QED) is 0.0410. The molecule has 17 N–H and O–H groups in total. The van der Waals surface area contributed by atoms with Gasteiger partial charge in [0.2, 0.25) is 70.9 Å². The van der Waals surface area contributed by atoms with Crippen LogP contribution < -0.4 is 69.5 Å². The van der Waals surface area contributed by atoms with Crippen LogP contribution in [0, 0.1) is 47.3 Å². The summed E-state index contributed by atoms with van der Waals surface area (Å²) in [6.07, 6.45) is 1.01. The van der Waals surface area contributed by atoms with Crippen LogP contribution in [0.4, 0.5) is 0 Å². The molecule has 1 saturated heterocycles. The van der Waals surface area contributed by atoms with Gasteiger partial charge in [-0.25, -0.2) is 4.79 Å². The molecule has 1 aliphatic heterocycles. The van der Waals surface area contributed by atoms with Gasteiger partial charge in [0.05, 0.1) is 12.2 Å². The fraction of sp³-hybridized carbons (Fsp3) is 0.707. The maximum Gasteiger partial charge on any atom is 0.326 e. The van der Waals surface area contributed by atoms with Gasteiger partial charge in [-0.2, -0.15) is 0 Å². The van der Waals surface area contributed by atoms with Crippen LogP contribution in [0.15, 0.2) is 42.1 Å². The van der Waals surface area contributed by atoms with Crippen LogP contribution in [0.25, 0.3) is 0 Å². The highest BCUT2D eigenvalue weighted by molar-refractivity contribution is 6.02. The molecule has 1 aromatic rings. The minimum Gasteiger partial charge on any atom is -0.480 e. The molecule has 1 fully saturated rings. The van der Waals surface area contributed by atoms with E-state index in [0.29, 0.717) is 37.2 Å². The molecule has 1 aliphatic rings. The highest BCUT2D eigenvalue weighted by Gasteiger charge is 2.44. The Bertz CT molecular complexity index is 3140. The van der Waals surface area contributed by atoms with E-state index in [1.54, 1.807) is 127 Å². The molecule has 0 saturated carbocycles. The van der Waals surface area contributed by atoms with Crippen molar-refractivity contribution in [3.05, 3.63) is 47.7 Å². The number of carboxylic acid groups (broad SMARTS) is 1. The van der Waals surface area contributed by atoms with Gasteiger partial charge in [-0.1, -0.05) is 166 Å². The molecule has 0 bridgehead atoms. The minimum atomic E-state index is -1.74. The van der Waals surface area contributed by atoms with Gasteiger partial charge >= 0.3 is 5.97 Å². The molecule has 598 valence electrons. The van der Waals surface area contributed by atoms with Crippen LogP contribution in [0.3, 0.4) is 0 Å². The highest BCUT2D eigenvalue weighted by Crippen LogP contribution is 2.23. The van der Waals surface area contributed by atoms with Gasteiger partial charge in [0.15, 0.2) is 0 Å². The van der Waals surface area contributed by atoms with E-state index in [1.807, 2.05) is 13.8 Å². The molecule has 31 nitrogen and oxygen atoms in total. The molecule has 106 heavy (non-hydrogen) atoms. The van der Waals surface area contributed by atoms with Gasteiger partial charge in [-0.05, 0) is 112 Å². The first-order valence-corrected chi connectivity index (χ1v) is 37.5. The molecule has 16 atom stereocenters. The van der Waals surface area contributed by atoms with Crippen molar-refractivity contribution in [2.45, 2.75) is 280 Å². The van der Waals surface area contributed by atoms with E-state index in [9.17, 15) is 82.4 Å². The first kappa shape index (κ1) is 93.5. The molecule has 0 spiro atoms. The number of carbonyl (C=O) groups excluding carboxylic acids is 13. The first-order valence-electron chi connectivity index (χ1n) is 37.5. The number of hydrogen-bond acceptors (Lipinski definition) is 17. The van der Waals surface area contributed by atoms with E-state index in [1.165, 1.54) is 31.7 Å². The molecule has 1 heterocycles. The van der Waals surface area contributed by atoms with Crippen molar-refractivity contribution in [3.8, 4) is 0 Å². The van der Waals surface area contributed by atoms with Crippen LogP contribution in [0.2, 0.25) is 0 Å². The normalized spacial score (nSPS) is 17.5. The number of hydrogen-bond donors (Lipinski definition) is 16. The maximum atomic E-state index is 14.7. The number of carboxylic acids is 1. The van der Waals surface area contributed by atoms with Gasteiger partial charge < -0.3 is 89.8 Å². The van der Waals surface area contributed by atoms with Crippen molar-refractivity contribution in [1.82, 2.24) is 68.7 Å². The number of nitrogens with zero attached hydrogens (tertiary/aromatic N) is 1. The van der Waals surface area contributed by atoms with Crippen molar-refractivity contribution in [1.29, 1.82) is 0 Å². The number of carbonyl (C=O) groups is 14. The lowest BCUT2D eigenvalue weighted by Crippen LogP contribution is -2.63. The van der Waals surface area contributed by atoms with E-state index < -0.39 is 203 Å². The molecular formula is C75H126N14O17. The van der Waals surface area contributed by atoms with Gasteiger partial charge in [0.25, 0.3) is 5.91 Å². The molecule has 0 aliphatic carbocycles. The van der Waals surface area contributed by atoms with Gasteiger partial charge in [-0.3, -0.25) is 62.3 Å². The van der Waals surface area contributed by atoms with E-state index in [0.717, 1.165) is 6.42 Å². The zero-order valence-electron chi connectivity index (χ0n) is 65.7. The summed E-state index contributed by atoms with van der Waals surface area (Å²) in [5.74, 6) is -15.2. The van der Waals surface area contributed by atoms with Gasteiger partial charge in [0.1, 0.15) is 78.2 Å². The highest BCUT2D eigenvalue weighted by atomic mass is 16.4. The third kappa shape index (κ3) is 29.6. The van der Waals surface area contributed by atoms with E-state index >= 15 is 0 Å². The second-order valence-corrected chi connectivity index (χ2v) is 30.1. The number of benzene rings is 1. The monoisotopic (exact) mass is 1490 g/mol. The lowest BCUT2D eigenvalue weighted by Gasteiger charge is -2.33. The molecule has 2 rings (SSSR count). The Balaban J connectivity index is 2.39. The zero-order chi connectivity index (χ0) is 80.7. The Morgan fingerprint density at radius 2 is 0.896 bits per heavy atom. The largest absolute Gasteiger partial charge is 0.480 e. The van der Waals surface area contributed by atoms with E-state index in [4.69, 9.17) is 5.73 Å². The zero-order valence-corrected chi connectivity index (χ0v) is 65.7. The first-order chi connectivity index (χ1) is 49.6. The lowest BCUT2D eigenvalue weighted by atomic mass is 9.95. The van der Waals surface area contributed by atoms with Crippen LogP contribution in [0.5, 0.6) is 0 Å². The van der Waals surface area contributed by atoms with Crippen LogP contribution in [-0.2, 0) is 73.5 Å². The summed E-state index contributed by atoms with van der Waals surface area (Å²) < 4.78 is 0. The number of allylic oxidation sites excluding steroid dienone is 1. The standard InChI is InChI=1S/C75H126N14O17/c1-20-44(16)59(71(101)88-62(47(19)91)73(103)86-60(45(17)21-2)70(100)81-55(40(8)9)67(97)79-51(37-48-30-24-23-25-31-48)65(95)77-49(22-3)63(93)84-58(43(14)15)75(105)106)85-64(94)50(32-27-35-76)78-66(96)52-33-28-36-89(52)74(104)57(42(12)13)83-69(99)56(41(10)11)82-72(102)61(46(18)90)87-68(98)54(39(6)7)80-53(92)34-26-29-38(4)5/h22-25,30-31,38-47,50-52,54-62,90-91H,20-21,26-29,32-37,76H2,1-19H3,(H,77,95)(H,78,96)(H,79,97)(H,80,92)(H,81,100)(H,82,102)(H,83,99)(H,84,93)(H,85,94)(H,86,103)(H,87,98)(H,88,101)(H,105,106)/b49-22-/t44-,45-,46-,47+,50-,51-,52+,54-,55+,56+,57-,58-,59+,60+,61+,62+/m0/s1. The van der Waals surface area contributed by atoms with Crippen molar-refractivity contribution in [3.63, 3.8) is 0 Å². The SMILES string of the molecule is C/C=C(\NC(=O)[C@H](Cc1ccccc1)NC(=O)[C@H](NC(=O)[C@H](NC(=O)[C@H](NC(=O)[C@H](NC(=O)[C@H](CCCN)NC(=O)[C@H]1CCCN1C(=O)[C@@H](NC(=O)[C@H](NC(=O)[C@H](NC(=O)[C@@H](NC(=O)CCCC(C)C)C(C)C)[C@H](C)O)C(C)C)C(C)C)[C@@H](C)CC)[C@@H](C)O)[C@@H](C)CC)C(C)C)C(=O)N[C@H](C(=O)O)C(C)C. The lowest BCUT2D eigenvalue weighted by molar-refractivity contribution is -0.144. The molecular weight excluding hydrogens is 1370 g/mol. The molecule has 13 amide bonds. The number of amides is 13. The third-order valence-electron chi connectivity index (χ3n) is 19.0. The summed E-state index contributed by atoms with van der Waals surface area (Å²) in [6.45, 7) is 31.5. The predicted molar refractivity (Wildman–Crippen MR) is 399 cm³/mol. The smallest absolute Gasteiger partial charge is 0.326 e. The Morgan fingerprint density at radius 1 is 0.481 bits per heavy atom. The van der Waals surface area contributed by atoms with E-state index in [-0.39, 0.29) is 56.8 Å². The summed E-state index contributed by atoms with van der Waals surface area (Å²) in [4.78, 5) is 197. The summed E-state index contributed by atoms with van der Waals surface area (Å²) in [6, 6.07) is -7.57. The van der Waals surface area contributed by atoms with Crippen LogP contribution >= 0.6 is 0 Å². The van der Waals surface area contributed by atoms with Crippen molar-refractivity contribution in [2.24, 2.45) is 53.1 Å². The molecule has 0 radical (unpaired) electrons. The summed E-state index contributed by atoms with van der Waals surface area (Å²) in [5, 5.41) is 63.3. The number of likely N-dealkylation sites (tertiary alicyclic amines) is 1. The fourth-order valence-corrected chi connectivity index (χ4v) is 11.8. The minimum absolute atomic E-state index is 0.0294. The second kappa shape index (κ2) is 45.8. The average molecular weight is 1500 g/mol. The number of aliphatic carboxylic acids is 1. The van der Waals surface area contributed by atoms with Crippen LogP contribution in [0.1, 0.15) is 195 Å².